The van der Waals surface area contributed by atoms with E-state index in [-0.39, 0.29) is 5.12 Å². The second kappa shape index (κ2) is 5.02. The van der Waals surface area contributed by atoms with Crippen LogP contribution in [0.2, 0.25) is 0 Å². The number of methoxy groups -OCH3 is 1. The minimum atomic E-state index is -0.429. The minimum absolute atomic E-state index is 0.0323. The zero-order valence-electron chi connectivity index (χ0n) is 8.19. The van der Waals surface area contributed by atoms with Gasteiger partial charge in [0.1, 0.15) is 5.75 Å². The van der Waals surface area contributed by atoms with Crippen LogP contribution in [0.4, 0.5) is 0 Å². The van der Waals surface area contributed by atoms with Crippen molar-refractivity contribution in [2.24, 2.45) is 5.73 Å². The average Bonchev–Trinajstić information content (AvgIpc) is 2.19. The summed E-state index contributed by atoms with van der Waals surface area (Å²) < 4.78 is 5.00. The molecule has 1 atom stereocenters. The van der Waals surface area contributed by atoms with Gasteiger partial charge in [-0.1, -0.05) is 11.8 Å². The zero-order chi connectivity index (χ0) is 10.6. The van der Waals surface area contributed by atoms with Crippen molar-refractivity contribution in [3.63, 3.8) is 0 Å². The summed E-state index contributed by atoms with van der Waals surface area (Å²) in [5.74, 6) is 0.780. The summed E-state index contributed by atoms with van der Waals surface area (Å²) in [5, 5.41) is -0.0323. The largest absolute Gasteiger partial charge is 0.497 e. The Hall–Kier alpha value is -1.00. The van der Waals surface area contributed by atoms with E-state index in [1.165, 1.54) is 0 Å². The summed E-state index contributed by atoms with van der Waals surface area (Å²) in [4.78, 5) is 12.2. The Morgan fingerprint density at radius 3 is 2.43 bits per heavy atom. The summed E-state index contributed by atoms with van der Waals surface area (Å²) in [6.45, 7) is 1.68. The van der Waals surface area contributed by atoms with Crippen molar-refractivity contribution in [3.8, 4) is 5.75 Å². The van der Waals surface area contributed by atoms with Crippen LogP contribution in [0.3, 0.4) is 0 Å². The van der Waals surface area contributed by atoms with E-state index >= 15 is 0 Å². The molecule has 0 aliphatic heterocycles. The number of thioether (sulfide) groups is 1. The lowest BCUT2D eigenvalue weighted by molar-refractivity contribution is -0.111. The maximum absolute atomic E-state index is 11.3. The molecule has 0 amide bonds. The molecule has 0 unspecified atom stereocenters. The number of rotatable bonds is 3. The van der Waals surface area contributed by atoms with E-state index in [1.54, 1.807) is 14.0 Å². The van der Waals surface area contributed by atoms with Crippen molar-refractivity contribution < 1.29 is 9.53 Å². The van der Waals surface area contributed by atoms with E-state index in [1.807, 2.05) is 24.3 Å². The maximum atomic E-state index is 11.3. The van der Waals surface area contributed by atoms with Gasteiger partial charge in [0.2, 0.25) is 5.12 Å². The summed E-state index contributed by atoms with van der Waals surface area (Å²) in [6.07, 6.45) is 0. The molecule has 1 rings (SSSR count). The minimum Gasteiger partial charge on any atom is -0.497 e. The summed E-state index contributed by atoms with van der Waals surface area (Å²) >= 11 is 1.15. The molecule has 0 spiro atoms. The van der Waals surface area contributed by atoms with Gasteiger partial charge in [0, 0.05) is 4.90 Å². The van der Waals surface area contributed by atoms with Gasteiger partial charge in [-0.05, 0) is 31.2 Å². The van der Waals surface area contributed by atoms with E-state index < -0.39 is 6.04 Å². The van der Waals surface area contributed by atoms with Crippen molar-refractivity contribution in [3.05, 3.63) is 24.3 Å². The Labute approximate surface area is 87.6 Å². The highest BCUT2D eigenvalue weighted by Crippen LogP contribution is 2.22. The molecule has 3 nitrogen and oxygen atoms in total. The van der Waals surface area contributed by atoms with Gasteiger partial charge in [-0.3, -0.25) is 4.79 Å². The molecule has 2 N–H and O–H groups in total. The number of carbonyl (C=O) groups is 1. The predicted octanol–water partition coefficient (Wildman–Crippen LogP) is 1.66. The lowest BCUT2D eigenvalue weighted by Crippen LogP contribution is -2.23. The van der Waals surface area contributed by atoms with Crippen molar-refractivity contribution in [1.82, 2.24) is 0 Å². The quantitative estimate of drug-likeness (QED) is 0.772. The molecule has 0 saturated carbocycles. The first-order chi connectivity index (χ1) is 6.63. The number of carbonyl (C=O) groups excluding carboxylic acids is 1. The first-order valence-electron chi connectivity index (χ1n) is 4.25. The van der Waals surface area contributed by atoms with E-state index in [9.17, 15) is 4.79 Å². The third-order valence-corrected chi connectivity index (χ3v) is 2.73. The molecule has 0 aromatic heterocycles. The summed E-state index contributed by atoms with van der Waals surface area (Å²) in [7, 11) is 1.61. The first kappa shape index (κ1) is 11.1. The fourth-order valence-corrected chi connectivity index (χ4v) is 1.54. The molecule has 0 radical (unpaired) electrons. The molecule has 76 valence electrons. The number of benzene rings is 1. The molecule has 1 aromatic rings. The van der Waals surface area contributed by atoms with E-state index in [4.69, 9.17) is 10.5 Å². The number of nitrogens with two attached hydrogens (primary N) is 1. The molecular formula is C10H13NO2S. The third kappa shape index (κ3) is 3.05. The van der Waals surface area contributed by atoms with Gasteiger partial charge in [-0.15, -0.1) is 0 Å². The lowest BCUT2D eigenvalue weighted by atomic mass is 10.3. The second-order valence-electron chi connectivity index (χ2n) is 2.89. The monoisotopic (exact) mass is 211 g/mol. The second-order valence-corrected chi connectivity index (χ2v) is 3.96. The molecule has 0 fully saturated rings. The molecular weight excluding hydrogens is 198 g/mol. The van der Waals surface area contributed by atoms with E-state index in [2.05, 4.69) is 0 Å². The van der Waals surface area contributed by atoms with Gasteiger partial charge in [-0.25, -0.2) is 0 Å². The Balaban J connectivity index is 2.64. The van der Waals surface area contributed by atoms with Crippen LogP contribution in [0, 0.1) is 0 Å². The Kier molecular flexibility index (Phi) is 3.98. The molecule has 0 aliphatic carbocycles. The number of hydrogen-bond acceptors (Lipinski definition) is 4. The lowest BCUT2D eigenvalue weighted by Gasteiger charge is -2.04. The van der Waals surface area contributed by atoms with Crippen LogP contribution in [-0.4, -0.2) is 18.3 Å². The number of ether oxygens (including phenoxy) is 1. The van der Waals surface area contributed by atoms with Crippen LogP contribution in [-0.2, 0) is 4.79 Å². The Morgan fingerprint density at radius 2 is 2.00 bits per heavy atom. The van der Waals surface area contributed by atoms with Crippen LogP contribution < -0.4 is 10.5 Å². The summed E-state index contributed by atoms with van der Waals surface area (Å²) in [5.41, 5.74) is 5.44. The highest BCUT2D eigenvalue weighted by Gasteiger charge is 2.09. The first-order valence-corrected chi connectivity index (χ1v) is 5.06. The van der Waals surface area contributed by atoms with Crippen LogP contribution in [0.5, 0.6) is 5.75 Å². The SMILES string of the molecule is COc1ccc(SC(=O)[C@H](C)N)cc1. The fourth-order valence-electron chi connectivity index (χ4n) is 0.853. The van der Waals surface area contributed by atoms with Crippen molar-refractivity contribution >= 4 is 16.9 Å². The molecule has 4 heteroatoms. The zero-order valence-corrected chi connectivity index (χ0v) is 9.01. The van der Waals surface area contributed by atoms with E-state index in [0.717, 1.165) is 22.4 Å². The van der Waals surface area contributed by atoms with Crippen LogP contribution in [0.15, 0.2) is 29.2 Å². The van der Waals surface area contributed by atoms with Crippen LogP contribution >= 0.6 is 11.8 Å². The number of hydrogen-bond donors (Lipinski definition) is 1. The molecule has 0 heterocycles. The van der Waals surface area contributed by atoms with Crippen molar-refractivity contribution in [2.45, 2.75) is 17.9 Å². The normalized spacial score (nSPS) is 12.2. The van der Waals surface area contributed by atoms with Gasteiger partial charge in [0.25, 0.3) is 0 Å². The summed E-state index contributed by atoms with van der Waals surface area (Å²) in [6, 6.07) is 6.88. The smallest absolute Gasteiger partial charge is 0.210 e. The van der Waals surface area contributed by atoms with Crippen LogP contribution in [0.1, 0.15) is 6.92 Å². The standard InChI is InChI=1S/C10H13NO2S/c1-7(11)10(12)14-9-5-3-8(13-2)4-6-9/h3-7H,11H2,1-2H3/t7-/m0/s1. The highest BCUT2D eigenvalue weighted by molar-refractivity contribution is 8.13. The molecule has 0 saturated heterocycles. The maximum Gasteiger partial charge on any atom is 0.210 e. The topological polar surface area (TPSA) is 52.3 Å². The molecule has 0 bridgehead atoms. The highest BCUT2D eigenvalue weighted by atomic mass is 32.2. The van der Waals surface area contributed by atoms with Gasteiger partial charge < -0.3 is 10.5 Å². The molecule has 1 aromatic carbocycles. The van der Waals surface area contributed by atoms with E-state index in [0.29, 0.717) is 0 Å². The van der Waals surface area contributed by atoms with Gasteiger partial charge in [0.05, 0.1) is 13.2 Å². The van der Waals surface area contributed by atoms with Gasteiger partial charge >= 0.3 is 0 Å². The van der Waals surface area contributed by atoms with Crippen LogP contribution in [0.25, 0.3) is 0 Å². The average molecular weight is 211 g/mol. The fraction of sp³-hybridized carbons (Fsp3) is 0.300. The van der Waals surface area contributed by atoms with Gasteiger partial charge in [0.15, 0.2) is 0 Å². The molecule has 14 heavy (non-hydrogen) atoms. The van der Waals surface area contributed by atoms with Crippen molar-refractivity contribution in [1.29, 1.82) is 0 Å². The Bertz CT molecular complexity index is 308. The Morgan fingerprint density at radius 1 is 1.43 bits per heavy atom. The predicted molar refractivity (Wildman–Crippen MR) is 57.5 cm³/mol. The van der Waals surface area contributed by atoms with Gasteiger partial charge in [-0.2, -0.15) is 0 Å². The van der Waals surface area contributed by atoms with Crippen molar-refractivity contribution in [2.75, 3.05) is 7.11 Å². The molecule has 0 aliphatic rings. The third-order valence-electron chi connectivity index (χ3n) is 1.65.